The number of likely N-dealkylation sites (N-methyl/N-ethyl adjacent to an activating group) is 1. The summed E-state index contributed by atoms with van der Waals surface area (Å²) < 4.78 is 5.23. The molecule has 0 aliphatic heterocycles. The maximum absolute atomic E-state index is 13.6. The van der Waals surface area contributed by atoms with Crippen molar-refractivity contribution in [2.45, 2.75) is 51.8 Å². The van der Waals surface area contributed by atoms with Gasteiger partial charge in [-0.15, -0.1) is 0 Å². The van der Waals surface area contributed by atoms with Crippen molar-refractivity contribution in [3.63, 3.8) is 0 Å². The molecule has 2 unspecified atom stereocenters. The number of benzene rings is 2. The van der Waals surface area contributed by atoms with Crippen molar-refractivity contribution in [3.8, 4) is 0 Å². The van der Waals surface area contributed by atoms with Crippen LogP contribution >= 0.6 is 11.6 Å². The highest BCUT2D eigenvalue weighted by Crippen LogP contribution is 2.29. The lowest BCUT2D eigenvalue weighted by molar-refractivity contribution is -0.140. The second-order valence-electron chi connectivity index (χ2n) is 9.52. The van der Waals surface area contributed by atoms with Crippen LogP contribution in [0, 0.1) is 6.92 Å². The first-order valence-corrected chi connectivity index (χ1v) is 11.9. The average Bonchev–Trinajstić information content (AvgIpc) is 2.79. The molecule has 0 heterocycles. The standard InChI is InChI=1S/C27H33ClN4O5/c1-7-17-11-9-12-18(14-17)23(24(34)31-22-16(2)10-8-13-19(22)28)32(6)25(35)20(15-21(29)33)30-26(36)37-27(3,4)5/h7-14,20,23H,1,15H2,2-6H3,(H2,29,33)(H,30,36)(H,31,34). The van der Waals surface area contributed by atoms with Crippen LogP contribution in [0.1, 0.15) is 49.9 Å². The predicted molar refractivity (Wildman–Crippen MR) is 144 cm³/mol. The van der Waals surface area contributed by atoms with Crippen molar-refractivity contribution in [2.24, 2.45) is 5.73 Å². The number of amides is 4. The van der Waals surface area contributed by atoms with Crippen LogP contribution in [-0.2, 0) is 19.1 Å². The largest absolute Gasteiger partial charge is 0.444 e. The maximum atomic E-state index is 13.6. The molecule has 10 heteroatoms. The highest BCUT2D eigenvalue weighted by Gasteiger charge is 2.35. The van der Waals surface area contributed by atoms with E-state index in [1.165, 1.54) is 7.05 Å². The normalized spacial score (nSPS) is 12.6. The van der Waals surface area contributed by atoms with Gasteiger partial charge in [0.1, 0.15) is 17.7 Å². The number of nitrogens with two attached hydrogens (primary N) is 1. The van der Waals surface area contributed by atoms with Crippen molar-refractivity contribution in [1.82, 2.24) is 10.2 Å². The van der Waals surface area contributed by atoms with E-state index in [0.717, 1.165) is 16.0 Å². The summed E-state index contributed by atoms with van der Waals surface area (Å²) in [6.45, 7) is 10.5. The molecule has 0 saturated heterocycles. The summed E-state index contributed by atoms with van der Waals surface area (Å²) in [5.41, 5.74) is 6.85. The highest BCUT2D eigenvalue weighted by molar-refractivity contribution is 6.34. The number of nitrogens with zero attached hydrogens (tertiary/aromatic N) is 1. The molecule has 2 aromatic rings. The van der Waals surface area contributed by atoms with Crippen molar-refractivity contribution in [3.05, 3.63) is 70.8 Å². The zero-order valence-corrected chi connectivity index (χ0v) is 22.4. The molecule has 4 N–H and O–H groups in total. The third-order valence-electron chi connectivity index (χ3n) is 5.31. The number of nitrogens with one attached hydrogen (secondary N) is 2. The summed E-state index contributed by atoms with van der Waals surface area (Å²) in [7, 11) is 1.40. The predicted octanol–water partition coefficient (Wildman–Crippen LogP) is 4.20. The number of aryl methyl sites for hydroxylation is 1. The van der Waals surface area contributed by atoms with E-state index in [0.29, 0.717) is 16.3 Å². The SMILES string of the molecule is C=Cc1cccc(C(C(=O)Nc2c(C)cccc2Cl)N(C)C(=O)C(CC(N)=O)NC(=O)OC(C)(C)C)c1. The second-order valence-corrected chi connectivity index (χ2v) is 9.92. The van der Waals surface area contributed by atoms with Gasteiger partial charge in [0.05, 0.1) is 17.1 Å². The first-order valence-electron chi connectivity index (χ1n) is 11.6. The minimum atomic E-state index is -1.36. The Morgan fingerprint density at radius 3 is 2.38 bits per heavy atom. The lowest BCUT2D eigenvalue weighted by Gasteiger charge is -2.31. The van der Waals surface area contributed by atoms with Gasteiger partial charge >= 0.3 is 6.09 Å². The number of carbonyl (C=O) groups excluding carboxylic acids is 4. The number of primary amides is 1. The summed E-state index contributed by atoms with van der Waals surface area (Å²) in [6, 6.07) is 9.59. The van der Waals surface area contributed by atoms with E-state index < -0.39 is 47.9 Å². The third-order valence-corrected chi connectivity index (χ3v) is 5.62. The molecule has 0 bridgehead atoms. The van der Waals surface area contributed by atoms with Crippen LogP contribution < -0.4 is 16.4 Å². The first-order chi connectivity index (χ1) is 17.2. The molecule has 0 radical (unpaired) electrons. The molecule has 0 aliphatic carbocycles. The average molecular weight is 529 g/mol. The quantitative estimate of drug-likeness (QED) is 0.449. The van der Waals surface area contributed by atoms with Gasteiger partial charge in [0.2, 0.25) is 11.8 Å². The van der Waals surface area contributed by atoms with E-state index in [1.54, 1.807) is 76.2 Å². The third kappa shape index (κ3) is 8.35. The van der Waals surface area contributed by atoms with E-state index in [2.05, 4.69) is 17.2 Å². The van der Waals surface area contributed by atoms with E-state index in [4.69, 9.17) is 22.1 Å². The Labute approximate surface area is 222 Å². The molecule has 37 heavy (non-hydrogen) atoms. The van der Waals surface area contributed by atoms with E-state index >= 15 is 0 Å². The zero-order chi connectivity index (χ0) is 27.9. The number of rotatable bonds is 9. The molecule has 0 spiro atoms. The molecule has 0 saturated carbocycles. The topological polar surface area (TPSA) is 131 Å². The molecular weight excluding hydrogens is 496 g/mol. The van der Waals surface area contributed by atoms with Crippen LogP contribution in [0.3, 0.4) is 0 Å². The lowest BCUT2D eigenvalue weighted by atomic mass is 10.00. The van der Waals surface area contributed by atoms with Gasteiger partial charge in [-0.1, -0.05) is 54.6 Å². The zero-order valence-electron chi connectivity index (χ0n) is 21.6. The Morgan fingerprint density at radius 1 is 1.16 bits per heavy atom. The van der Waals surface area contributed by atoms with Crippen molar-refractivity contribution in [1.29, 1.82) is 0 Å². The van der Waals surface area contributed by atoms with Gasteiger partial charge in [0, 0.05) is 7.05 Å². The number of anilines is 1. The fraction of sp³-hybridized carbons (Fsp3) is 0.333. The molecule has 0 fully saturated rings. The highest BCUT2D eigenvalue weighted by atomic mass is 35.5. The van der Waals surface area contributed by atoms with Crippen LogP contribution in [0.4, 0.5) is 10.5 Å². The van der Waals surface area contributed by atoms with Crippen molar-refractivity contribution >= 4 is 47.2 Å². The smallest absolute Gasteiger partial charge is 0.408 e. The summed E-state index contributed by atoms with van der Waals surface area (Å²) >= 11 is 6.31. The number of para-hydroxylation sites is 1. The molecule has 4 amide bonds. The van der Waals surface area contributed by atoms with Crippen molar-refractivity contribution in [2.75, 3.05) is 12.4 Å². The van der Waals surface area contributed by atoms with Gasteiger partial charge < -0.3 is 26.0 Å². The van der Waals surface area contributed by atoms with Gasteiger partial charge in [-0.2, -0.15) is 0 Å². The minimum Gasteiger partial charge on any atom is -0.444 e. The molecular formula is C27H33ClN4O5. The van der Waals surface area contributed by atoms with Gasteiger partial charge in [-0.3, -0.25) is 14.4 Å². The fourth-order valence-electron chi connectivity index (χ4n) is 3.61. The Morgan fingerprint density at radius 2 is 1.81 bits per heavy atom. The van der Waals surface area contributed by atoms with E-state index in [-0.39, 0.29) is 0 Å². The molecule has 0 aliphatic rings. The monoisotopic (exact) mass is 528 g/mol. The van der Waals surface area contributed by atoms with Gasteiger partial charge in [0.25, 0.3) is 5.91 Å². The number of ether oxygens (including phenoxy) is 1. The Hall–Kier alpha value is -3.85. The molecule has 2 aromatic carbocycles. The Bertz CT molecular complexity index is 1170. The summed E-state index contributed by atoms with van der Waals surface area (Å²) in [5.74, 6) is -2.09. The minimum absolute atomic E-state index is 0.333. The second kappa shape index (κ2) is 12.4. The molecule has 0 aromatic heterocycles. The number of hydrogen-bond acceptors (Lipinski definition) is 5. The Balaban J connectivity index is 2.47. The van der Waals surface area contributed by atoms with Gasteiger partial charge in [-0.25, -0.2) is 4.79 Å². The number of carbonyl (C=O) groups is 4. The van der Waals surface area contributed by atoms with Crippen molar-refractivity contribution < 1.29 is 23.9 Å². The lowest BCUT2D eigenvalue weighted by Crippen LogP contribution is -2.52. The van der Waals surface area contributed by atoms with Crippen LogP contribution in [0.25, 0.3) is 6.08 Å². The summed E-state index contributed by atoms with van der Waals surface area (Å²) in [6.07, 6.45) is 0.216. The number of hydrogen-bond donors (Lipinski definition) is 3. The molecule has 198 valence electrons. The molecule has 9 nitrogen and oxygen atoms in total. The first kappa shape index (κ1) is 29.4. The van der Waals surface area contributed by atoms with E-state index in [1.807, 2.05) is 0 Å². The number of halogens is 1. The summed E-state index contributed by atoms with van der Waals surface area (Å²) in [5, 5.41) is 5.54. The Kier molecular flexibility index (Phi) is 9.85. The van der Waals surface area contributed by atoms with Crippen LogP contribution in [0.5, 0.6) is 0 Å². The van der Waals surface area contributed by atoms with Crippen LogP contribution in [-0.4, -0.2) is 47.4 Å². The van der Waals surface area contributed by atoms with Gasteiger partial charge in [-0.05, 0) is 56.5 Å². The van der Waals surface area contributed by atoms with E-state index in [9.17, 15) is 19.2 Å². The van der Waals surface area contributed by atoms with Crippen LogP contribution in [0.15, 0.2) is 49.0 Å². The fourth-order valence-corrected chi connectivity index (χ4v) is 3.88. The summed E-state index contributed by atoms with van der Waals surface area (Å²) in [4.78, 5) is 52.5. The van der Waals surface area contributed by atoms with Crippen LogP contribution in [0.2, 0.25) is 5.02 Å². The van der Waals surface area contributed by atoms with Gasteiger partial charge in [0.15, 0.2) is 0 Å². The maximum Gasteiger partial charge on any atom is 0.408 e. The molecule has 2 atom stereocenters. The molecule has 2 rings (SSSR count). The number of alkyl carbamates (subject to hydrolysis) is 1.